The Bertz CT molecular complexity index is 403. The van der Waals surface area contributed by atoms with Crippen molar-refractivity contribution in [3.63, 3.8) is 0 Å². The van der Waals surface area contributed by atoms with E-state index in [1.165, 1.54) is 96.3 Å². The van der Waals surface area contributed by atoms with Crippen LogP contribution >= 0.6 is 0 Å². The molecular weight excluding hydrogens is 380 g/mol. The highest BCUT2D eigenvalue weighted by Gasteiger charge is 2.21. The molecule has 0 aromatic carbocycles. The Hall–Kier alpha value is -0.790. The third kappa shape index (κ3) is 20.8. The zero-order chi connectivity index (χ0) is 23.2. The maximum Gasteiger partial charge on any atom is 0.306 e. The van der Waals surface area contributed by atoms with Crippen LogP contribution in [0.5, 0.6) is 0 Å². The Kier molecular flexibility index (Phi) is 21.8. The molecule has 0 bridgehead atoms. The van der Waals surface area contributed by atoms with E-state index in [0.29, 0.717) is 18.3 Å². The van der Waals surface area contributed by atoms with Crippen LogP contribution in [-0.2, 0) is 9.53 Å². The number of esters is 1. The molecule has 0 spiro atoms. The number of unbranched alkanes of at least 4 members (excludes halogenated alkanes) is 15. The van der Waals surface area contributed by atoms with Crippen LogP contribution in [0, 0.1) is 11.8 Å². The van der Waals surface area contributed by atoms with Crippen LogP contribution in [0.3, 0.4) is 0 Å². The summed E-state index contributed by atoms with van der Waals surface area (Å²) >= 11 is 0. The van der Waals surface area contributed by atoms with Crippen LogP contribution in [0.25, 0.3) is 0 Å². The maximum atomic E-state index is 12.0. The number of allylic oxidation sites excluding steroid dienone is 2. The van der Waals surface area contributed by atoms with E-state index in [9.17, 15) is 4.79 Å². The lowest BCUT2D eigenvalue weighted by Crippen LogP contribution is -2.28. The van der Waals surface area contributed by atoms with Crippen LogP contribution in [0.2, 0.25) is 0 Å². The molecule has 0 saturated carbocycles. The van der Waals surface area contributed by atoms with E-state index in [1.807, 2.05) is 0 Å². The summed E-state index contributed by atoms with van der Waals surface area (Å²) in [6.45, 7) is 10.8. The molecule has 31 heavy (non-hydrogen) atoms. The maximum absolute atomic E-state index is 12.0. The number of hydrogen-bond acceptors (Lipinski definition) is 2. The number of rotatable bonds is 22. The normalized spacial score (nSPS) is 12.0. The van der Waals surface area contributed by atoms with Gasteiger partial charge in [-0.2, -0.15) is 0 Å². The molecule has 0 aliphatic carbocycles. The van der Waals surface area contributed by atoms with Gasteiger partial charge in [0.2, 0.25) is 0 Å². The monoisotopic (exact) mass is 436 g/mol. The van der Waals surface area contributed by atoms with Crippen LogP contribution in [0.15, 0.2) is 12.2 Å². The lowest BCUT2D eigenvalue weighted by molar-refractivity contribution is -0.154. The zero-order valence-electron chi connectivity index (χ0n) is 21.9. The summed E-state index contributed by atoms with van der Waals surface area (Å²) < 4.78 is 5.67. The Balaban J connectivity index is 3.34. The molecule has 0 amide bonds. The summed E-state index contributed by atoms with van der Waals surface area (Å²) in [5, 5.41) is 0. The van der Waals surface area contributed by atoms with Gasteiger partial charge in [-0.05, 0) is 43.9 Å². The summed E-state index contributed by atoms with van der Waals surface area (Å²) in [6.07, 6.45) is 27.9. The topological polar surface area (TPSA) is 26.3 Å². The minimum Gasteiger partial charge on any atom is -0.462 e. The van der Waals surface area contributed by atoms with Crippen LogP contribution < -0.4 is 0 Å². The first kappa shape index (κ1) is 30.2. The predicted molar refractivity (Wildman–Crippen MR) is 137 cm³/mol. The van der Waals surface area contributed by atoms with E-state index < -0.39 is 0 Å². The molecule has 0 heterocycles. The number of carbonyl (C=O) groups is 1. The molecular formula is C29H56O2. The van der Waals surface area contributed by atoms with Gasteiger partial charge in [-0.15, -0.1) is 0 Å². The van der Waals surface area contributed by atoms with Crippen molar-refractivity contribution in [2.75, 3.05) is 0 Å². The molecule has 0 rings (SSSR count). The summed E-state index contributed by atoms with van der Waals surface area (Å²) in [6, 6.07) is 0. The molecule has 2 heteroatoms. The molecule has 0 aliphatic heterocycles. The molecule has 184 valence electrons. The Morgan fingerprint density at radius 1 is 0.613 bits per heavy atom. The Morgan fingerprint density at radius 3 is 1.42 bits per heavy atom. The van der Waals surface area contributed by atoms with Gasteiger partial charge < -0.3 is 4.74 Å². The fourth-order valence-electron chi connectivity index (χ4n) is 4.30. The van der Waals surface area contributed by atoms with Crippen molar-refractivity contribution in [1.82, 2.24) is 0 Å². The van der Waals surface area contributed by atoms with E-state index in [4.69, 9.17) is 4.74 Å². The minimum absolute atomic E-state index is 0.00609. The Labute approximate surface area is 196 Å². The van der Waals surface area contributed by atoms with Gasteiger partial charge in [0.25, 0.3) is 0 Å². The summed E-state index contributed by atoms with van der Waals surface area (Å²) in [4.78, 5) is 12.0. The van der Waals surface area contributed by atoms with Crippen molar-refractivity contribution >= 4 is 5.97 Å². The van der Waals surface area contributed by atoms with Crippen molar-refractivity contribution < 1.29 is 9.53 Å². The largest absolute Gasteiger partial charge is 0.462 e. The van der Waals surface area contributed by atoms with Gasteiger partial charge in [-0.25, -0.2) is 0 Å². The lowest BCUT2D eigenvalue weighted by atomic mass is 9.96. The van der Waals surface area contributed by atoms with Crippen molar-refractivity contribution in [3.8, 4) is 0 Å². The van der Waals surface area contributed by atoms with Crippen LogP contribution in [0.1, 0.15) is 150 Å². The SMILES string of the molecule is CCCCCCCC/C=C/CCCCCCCCCCCC(=O)OC(C(C)C)C(C)C. The summed E-state index contributed by atoms with van der Waals surface area (Å²) in [5.41, 5.74) is 0. The smallest absolute Gasteiger partial charge is 0.306 e. The van der Waals surface area contributed by atoms with Gasteiger partial charge in [0.05, 0.1) is 0 Å². The molecule has 0 unspecified atom stereocenters. The highest BCUT2D eigenvalue weighted by molar-refractivity contribution is 5.69. The molecule has 2 nitrogen and oxygen atoms in total. The molecule has 0 atom stereocenters. The average Bonchev–Trinajstić information content (AvgIpc) is 2.73. The first-order valence-corrected chi connectivity index (χ1v) is 13.8. The van der Waals surface area contributed by atoms with Crippen LogP contribution in [0.4, 0.5) is 0 Å². The van der Waals surface area contributed by atoms with E-state index in [-0.39, 0.29) is 12.1 Å². The van der Waals surface area contributed by atoms with Crippen molar-refractivity contribution in [1.29, 1.82) is 0 Å². The highest BCUT2D eigenvalue weighted by atomic mass is 16.5. The van der Waals surface area contributed by atoms with Crippen molar-refractivity contribution in [3.05, 3.63) is 12.2 Å². The summed E-state index contributed by atoms with van der Waals surface area (Å²) in [5.74, 6) is 0.781. The number of hydrogen-bond donors (Lipinski definition) is 0. The van der Waals surface area contributed by atoms with Crippen molar-refractivity contribution in [2.24, 2.45) is 11.8 Å². The first-order chi connectivity index (χ1) is 15.0. The van der Waals surface area contributed by atoms with Gasteiger partial charge >= 0.3 is 5.97 Å². The second-order valence-corrected chi connectivity index (χ2v) is 10.2. The van der Waals surface area contributed by atoms with E-state index >= 15 is 0 Å². The number of ether oxygens (including phenoxy) is 1. The fraction of sp³-hybridized carbons (Fsp3) is 0.897. The van der Waals surface area contributed by atoms with E-state index in [2.05, 4.69) is 46.8 Å². The third-order valence-corrected chi connectivity index (χ3v) is 6.22. The second kappa shape index (κ2) is 22.4. The third-order valence-electron chi connectivity index (χ3n) is 6.22. The Morgan fingerprint density at radius 2 is 1.00 bits per heavy atom. The molecule has 0 aromatic rings. The van der Waals surface area contributed by atoms with Gasteiger partial charge in [0, 0.05) is 6.42 Å². The fourth-order valence-corrected chi connectivity index (χ4v) is 4.30. The standard InChI is InChI=1S/C29H56O2/c1-6-7-8-9-10-11-12-13-14-15-16-17-18-19-20-21-22-23-24-25-28(30)31-29(26(2)3)27(4)5/h13-14,26-27,29H,6-12,15-25H2,1-5H3/b14-13+. The molecule has 0 aromatic heterocycles. The number of carbonyl (C=O) groups excluding carboxylic acids is 1. The second-order valence-electron chi connectivity index (χ2n) is 10.2. The van der Waals surface area contributed by atoms with Gasteiger partial charge in [0.1, 0.15) is 6.10 Å². The molecule has 0 radical (unpaired) electrons. The molecule has 0 saturated heterocycles. The van der Waals surface area contributed by atoms with Gasteiger partial charge in [-0.3, -0.25) is 4.79 Å². The average molecular weight is 437 g/mol. The lowest BCUT2D eigenvalue weighted by Gasteiger charge is -2.24. The van der Waals surface area contributed by atoms with Crippen molar-refractivity contribution in [2.45, 2.75) is 156 Å². The minimum atomic E-state index is -0.00609. The van der Waals surface area contributed by atoms with Crippen LogP contribution in [-0.4, -0.2) is 12.1 Å². The quantitative estimate of drug-likeness (QED) is 0.0958. The molecule has 0 fully saturated rings. The van der Waals surface area contributed by atoms with E-state index in [1.54, 1.807) is 0 Å². The summed E-state index contributed by atoms with van der Waals surface area (Å²) in [7, 11) is 0. The van der Waals surface area contributed by atoms with Gasteiger partial charge in [-0.1, -0.05) is 124 Å². The molecule has 0 aliphatic rings. The van der Waals surface area contributed by atoms with E-state index in [0.717, 1.165) is 12.8 Å². The molecule has 0 N–H and O–H groups in total. The first-order valence-electron chi connectivity index (χ1n) is 13.8. The zero-order valence-corrected chi connectivity index (χ0v) is 21.9. The van der Waals surface area contributed by atoms with Gasteiger partial charge in [0.15, 0.2) is 0 Å². The predicted octanol–water partition coefficient (Wildman–Crippen LogP) is 9.81. The highest BCUT2D eigenvalue weighted by Crippen LogP contribution is 2.18.